The first-order valence-electron chi connectivity index (χ1n) is 28.4. The number of rotatable bonds is 17. The first kappa shape index (κ1) is 57.0. The van der Waals surface area contributed by atoms with Gasteiger partial charge in [-0.2, -0.15) is 0 Å². The van der Waals surface area contributed by atoms with E-state index < -0.39 is 63.6 Å². The highest BCUT2D eigenvalue weighted by molar-refractivity contribution is 6.01. The number of aliphatic hydroxyl groups is 1. The molecule has 0 saturated heterocycles. The van der Waals surface area contributed by atoms with Crippen LogP contribution in [0.25, 0.3) is 0 Å². The summed E-state index contributed by atoms with van der Waals surface area (Å²) in [7, 11) is 1.56. The molecule has 0 aliphatic carbocycles. The molecule has 0 fully saturated rings. The summed E-state index contributed by atoms with van der Waals surface area (Å²) in [5.41, 5.74) is 11.3. The van der Waals surface area contributed by atoms with Crippen molar-refractivity contribution in [2.45, 2.75) is 177 Å². The molecule has 6 aliphatic rings. The van der Waals surface area contributed by atoms with Gasteiger partial charge in [0.1, 0.15) is 52.4 Å². The molecule has 0 saturated carbocycles. The molecule has 81 heavy (non-hydrogen) atoms. The quantitative estimate of drug-likeness (QED) is 0.0629. The zero-order valence-corrected chi connectivity index (χ0v) is 48.2. The van der Waals surface area contributed by atoms with E-state index in [4.69, 9.17) is 49.9 Å². The predicted octanol–water partition coefficient (Wildman–Crippen LogP) is 8.05. The van der Waals surface area contributed by atoms with Gasteiger partial charge in [0.2, 0.25) is 11.8 Å². The van der Waals surface area contributed by atoms with Crippen LogP contribution in [0.4, 0.5) is 0 Å². The molecular formula is C62H78N8O11. The second-order valence-electron chi connectivity index (χ2n) is 24.0. The third-order valence-corrected chi connectivity index (χ3v) is 17.9. The molecule has 0 radical (unpaired) electrons. The van der Waals surface area contributed by atoms with Gasteiger partial charge in [0.15, 0.2) is 23.1 Å². The summed E-state index contributed by atoms with van der Waals surface area (Å²) in [6.07, 6.45) is 2.24. The fourth-order valence-corrected chi connectivity index (χ4v) is 13.1. The van der Waals surface area contributed by atoms with E-state index in [1.807, 2.05) is 91.8 Å². The Morgan fingerprint density at radius 2 is 1.09 bits per heavy atom. The van der Waals surface area contributed by atoms with Gasteiger partial charge >= 0.3 is 0 Å². The summed E-state index contributed by atoms with van der Waals surface area (Å²) in [5.74, 6) is 1.04. The number of amides is 4. The number of methoxy groups -OCH3 is 1. The van der Waals surface area contributed by atoms with Crippen LogP contribution in [-0.2, 0) is 19.1 Å². The first-order chi connectivity index (χ1) is 38.5. The average molecular weight is 1110 g/mol. The second-order valence-corrected chi connectivity index (χ2v) is 24.0. The number of nitrogens with one attached hydrogen (secondary N) is 2. The SMILES string of the molecule is CCC1(CC)CC(=O)N([C@H]2c3cc(C(=O)N[C@@H]4c5ccccc5OC(C)(CCOCC5(C)Oc6ccc(C(=O)N[C@H]7CC(C)(C)Oc8ccccc87)cc6[C@@H]5N5C(=O)CC(CC)(CC)N=C5N)[C@H]4O)ccc3OC2(C)COC)C(N)=N1. The molecule has 7 N–H and O–H groups in total. The van der Waals surface area contributed by atoms with Crippen molar-refractivity contribution in [1.82, 2.24) is 20.4 Å². The molecule has 0 bridgehead atoms. The van der Waals surface area contributed by atoms with E-state index in [-0.39, 0.29) is 80.3 Å². The molecule has 6 aliphatic heterocycles. The standard InChI is InChI=1S/C62H78N8O11/c1-11-61(12-2)32-47(71)69(55(63)67-61)50-40-30-37(24-26-45(40)80-59(50,8)34-76-10)54(75)66-49-39-20-16-18-22-44(39)79-58(7,52(49)73)27-28-77-35-60(9)51(70-48(72)33-62(13-3,14-4)68-56(70)64)41-29-36(23-25-46(41)81-60)53(74)65-42-31-57(5,6)78-43-21-17-15-19-38(42)43/h15-26,29-30,42,49-52,73H,11-14,27-28,31-35H2,1-10H3,(H2,63,67)(H2,64,68)(H,65,74)(H,66,75)/t42-,49+,50-,51-,52-,58?,59?,60?/m0/s1. The summed E-state index contributed by atoms with van der Waals surface area (Å²) < 4.78 is 38.3. The number of benzene rings is 4. The molecule has 6 heterocycles. The van der Waals surface area contributed by atoms with E-state index in [0.717, 1.165) is 11.3 Å². The highest BCUT2D eigenvalue weighted by Gasteiger charge is 2.56. The number of hydrogen-bond donors (Lipinski definition) is 5. The minimum atomic E-state index is -1.30. The Bertz CT molecular complexity index is 3190. The number of carbonyl (C=O) groups excluding carboxylic acids is 4. The monoisotopic (exact) mass is 1110 g/mol. The van der Waals surface area contributed by atoms with Crippen LogP contribution in [0.5, 0.6) is 23.0 Å². The number of hydrogen-bond acceptors (Lipinski definition) is 15. The maximum absolute atomic E-state index is 14.6. The Balaban J connectivity index is 0.883. The van der Waals surface area contributed by atoms with Gasteiger partial charge < -0.3 is 55.6 Å². The van der Waals surface area contributed by atoms with Crippen LogP contribution in [0.15, 0.2) is 94.9 Å². The van der Waals surface area contributed by atoms with E-state index in [1.54, 1.807) is 62.6 Å². The van der Waals surface area contributed by atoms with Crippen molar-refractivity contribution in [3.05, 3.63) is 118 Å². The number of nitrogens with zero attached hydrogens (tertiary/aromatic N) is 4. The normalized spacial score (nSPS) is 28.4. The fourth-order valence-electron chi connectivity index (χ4n) is 13.1. The first-order valence-corrected chi connectivity index (χ1v) is 28.4. The highest BCUT2D eigenvalue weighted by Crippen LogP contribution is 2.52. The number of aliphatic imine (C=N–C) groups is 2. The zero-order valence-electron chi connectivity index (χ0n) is 48.2. The van der Waals surface area contributed by atoms with Crippen molar-refractivity contribution < 1.29 is 52.7 Å². The molecule has 4 aromatic rings. The molecule has 4 amide bonds. The minimum absolute atomic E-state index is 0.0486. The van der Waals surface area contributed by atoms with Gasteiger partial charge in [-0.1, -0.05) is 64.1 Å². The van der Waals surface area contributed by atoms with Crippen molar-refractivity contribution in [3.63, 3.8) is 0 Å². The highest BCUT2D eigenvalue weighted by atomic mass is 16.6. The molecule has 8 atom stereocenters. The third kappa shape index (κ3) is 10.2. The summed E-state index contributed by atoms with van der Waals surface area (Å²) >= 11 is 0. The molecule has 0 spiro atoms. The summed E-state index contributed by atoms with van der Waals surface area (Å²) in [5, 5.41) is 18.8. The van der Waals surface area contributed by atoms with E-state index in [2.05, 4.69) is 10.6 Å². The molecule has 19 nitrogen and oxygen atoms in total. The number of carbonyl (C=O) groups is 4. The van der Waals surface area contributed by atoms with Gasteiger partial charge in [0.05, 0.1) is 55.8 Å². The molecule has 3 unspecified atom stereocenters. The van der Waals surface area contributed by atoms with Crippen molar-refractivity contribution in [2.75, 3.05) is 26.9 Å². The number of aliphatic hydroxyl groups excluding tert-OH is 1. The van der Waals surface area contributed by atoms with Crippen molar-refractivity contribution in [2.24, 2.45) is 21.5 Å². The Labute approximate surface area is 474 Å². The smallest absolute Gasteiger partial charge is 0.251 e. The molecule has 10 rings (SSSR count). The molecular weight excluding hydrogens is 1030 g/mol. The Kier molecular flexibility index (Phi) is 15.0. The maximum Gasteiger partial charge on any atom is 0.251 e. The van der Waals surface area contributed by atoms with Gasteiger partial charge in [0.25, 0.3) is 11.8 Å². The van der Waals surface area contributed by atoms with Crippen LogP contribution in [0.1, 0.15) is 181 Å². The Morgan fingerprint density at radius 3 is 1.59 bits per heavy atom. The van der Waals surface area contributed by atoms with Crippen LogP contribution in [0, 0.1) is 0 Å². The summed E-state index contributed by atoms with van der Waals surface area (Å²) in [6, 6.07) is 22.3. The van der Waals surface area contributed by atoms with Crippen LogP contribution >= 0.6 is 0 Å². The molecule has 432 valence electrons. The average Bonchev–Trinajstić information content (AvgIpc) is 4.15. The van der Waals surface area contributed by atoms with Crippen LogP contribution in [-0.4, -0.2) is 117 Å². The Hall–Kier alpha value is -7.22. The van der Waals surface area contributed by atoms with Crippen molar-refractivity contribution >= 4 is 35.5 Å². The third-order valence-electron chi connectivity index (χ3n) is 17.9. The largest absolute Gasteiger partial charge is 0.487 e. The minimum Gasteiger partial charge on any atom is -0.487 e. The summed E-state index contributed by atoms with van der Waals surface area (Å²) in [4.78, 5) is 70.3. The predicted molar refractivity (Wildman–Crippen MR) is 304 cm³/mol. The Morgan fingerprint density at radius 1 is 0.630 bits per heavy atom. The van der Waals surface area contributed by atoms with Gasteiger partial charge in [-0.3, -0.25) is 29.0 Å². The van der Waals surface area contributed by atoms with Crippen molar-refractivity contribution in [3.8, 4) is 23.0 Å². The van der Waals surface area contributed by atoms with Crippen LogP contribution < -0.4 is 41.0 Å². The topological polar surface area (TPSA) is 251 Å². The second kappa shape index (κ2) is 21.3. The van der Waals surface area contributed by atoms with Gasteiger partial charge in [-0.25, -0.2) is 9.98 Å². The van der Waals surface area contributed by atoms with Crippen LogP contribution in [0.3, 0.4) is 0 Å². The lowest BCUT2D eigenvalue weighted by Crippen LogP contribution is -2.58. The lowest BCUT2D eigenvalue weighted by Gasteiger charge is -2.45. The fraction of sp³-hybridized carbons (Fsp3) is 0.516. The number of para-hydroxylation sites is 2. The zero-order chi connectivity index (χ0) is 58.0. The van der Waals surface area contributed by atoms with Gasteiger partial charge in [-0.15, -0.1) is 0 Å². The van der Waals surface area contributed by atoms with E-state index >= 15 is 0 Å². The van der Waals surface area contributed by atoms with Crippen molar-refractivity contribution in [1.29, 1.82) is 0 Å². The van der Waals surface area contributed by atoms with E-state index in [9.17, 15) is 24.3 Å². The molecule has 19 heteroatoms. The number of fused-ring (bicyclic) bond motifs is 4. The van der Waals surface area contributed by atoms with Crippen LogP contribution in [0.2, 0.25) is 0 Å². The van der Waals surface area contributed by atoms with Gasteiger partial charge in [-0.05, 0) is 109 Å². The number of ether oxygens (including phenoxy) is 6. The van der Waals surface area contributed by atoms with E-state index in [1.165, 1.54) is 9.80 Å². The lowest BCUT2D eigenvalue weighted by molar-refractivity contribution is -0.137. The number of guanidine groups is 2. The molecule has 0 aromatic heterocycles. The van der Waals surface area contributed by atoms with E-state index in [0.29, 0.717) is 71.6 Å². The molecule has 4 aromatic carbocycles. The summed E-state index contributed by atoms with van der Waals surface area (Å²) in [6.45, 7) is 17.5. The number of nitrogens with two attached hydrogens (primary N) is 2. The van der Waals surface area contributed by atoms with Gasteiger partial charge in [0, 0.05) is 53.3 Å². The lowest BCUT2D eigenvalue weighted by atomic mass is 9.83. The maximum atomic E-state index is 14.6.